The summed E-state index contributed by atoms with van der Waals surface area (Å²) in [7, 11) is 1.23. The molecule has 21 heavy (non-hydrogen) atoms. The summed E-state index contributed by atoms with van der Waals surface area (Å²) in [5.74, 6) is -1.24. The molecule has 0 spiro atoms. The lowest BCUT2D eigenvalue weighted by molar-refractivity contribution is 0.0595. The Morgan fingerprint density at radius 2 is 2.14 bits per heavy atom. The highest BCUT2D eigenvalue weighted by atomic mass is 19.1. The predicted molar refractivity (Wildman–Crippen MR) is 77.3 cm³/mol. The summed E-state index contributed by atoms with van der Waals surface area (Å²) in [4.78, 5) is 15.3. The van der Waals surface area contributed by atoms with E-state index in [0.29, 0.717) is 13.1 Å². The maximum Gasteiger partial charge on any atom is 0.340 e. The van der Waals surface area contributed by atoms with Gasteiger partial charge in [-0.1, -0.05) is 6.07 Å². The fourth-order valence-electron chi connectivity index (χ4n) is 1.99. The van der Waals surface area contributed by atoms with E-state index in [1.807, 2.05) is 19.2 Å². The summed E-state index contributed by atoms with van der Waals surface area (Å²) in [6, 6.07) is 6.44. The van der Waals surface area contributed by atoms with Crippen LogP contribution in [-0.2, 0) is 17.8 Å². The average molecular weight is 288 g/mol. The van der Waals surface area contributed by atoms with Crippen molar-refractivity contribution in [1.29, 1.82) is 0 Å². The van der Waals surface area contributed by atoms with Crippen molar-refractivity contribution in [2.24, 2.45) is 0 Å². The van der Waals surface area contributed by atoms with E-state index in [2.05, 4.69) is 15.0 Å². The van der Waals surface area contributed by atoms with Crippen LogP contribution in [0.4, 0.5) is 4.39 Å². The predicted octanol–water partition coefficient (Wildman–Crippen LogP) is 2.61. The normalized spacial score (nSPS) is 10.4. The second-order valence-corrected chi connectivity index (χ2v) is 4.71. The first-order valence-electron chi connectivity index (χ1n) is 6.58. The first-order chi connectivity index (χ1) is 10.1. The number of aryl methyl sites for hydroxylation is 1. The Morgan fingerprint density at radius 1 is 1.33 bits per heavy atom. The van der Waals surface area contributed by atoms with E-state index in [-0.39, 0.29) is 5.56 Å². The van der Waals surface area contributed by atoms with Gasteiger partial charge in [0.1, 0.15) is 5.82 Å². The molecule has 1 N–H and O–H groups in total. The Bertz CT molecular complexity index is 644. The molecular formula is C16H17FN2O2. The molecule has 0 radical (unpaired) electrons. The standard InChI is InChI=1S/C16H17FN2O2/c1-11-8-18-6-5-13(11)10-19-9-12-3-4-14(15(17)7-12)16(20)21-2/h3-8,19H,9-10H2,1-2H3. The third-order valence-electron chi connectivity index (χ3n) is 3.22. The number of benzene rings is 1. The zero-order valence-electron chi connectivity index (χ0n) is 12.0. The molecule has 0 saturated heterocycles. The van der Waals surface area contributed by atoms with Crippen molar-refractivity contribution in [3.63, 3.8) is 0 Å². The highest BCUT2D eigenvalue weighted by Crippen LogP contribution is 2.12. The van der Waals surface area contributed by atoms with Gasteiger partial charge in [-0.25, -0.2) is 9.18 Å². The topological polar surface area (TPSA) is 51.2 Å². The van der Waals surface area contributed by atoms with Gasteiger partial charge in [0.15, 0.2) is 0 Å². The number of nitrogens with zero attached hydrogens (tertiary/aromatic N) is 1. The summed E-state index contributed by atoms with van der Waals surface area (Å²) < 4.78 is 18.3. The van der Waals surface area contributed by atoms with Gasteiger partial charge in [0.2, 0.25) is 0 Å². The minimum absolute atomic E-state index is 0.0498. The van der Waals surface area contributed by atoms with Crippen LogP contribution in [0.2, 0.25) is 0 Å². The minimum Gasteiger partial charge on any atom is -0.465 e. The molecule has 110 valence electrons. The quantitative estimate of drug-likeness (QED) is 0.859. The van der Waals surface area contributed by atoms with Crippen molar-refractivity contribution in [3.8, 4) is 0 Å². The molecular weight excluding hydrogens is 271 g/mol. The number of esters is 1. The minimum atomic E-state index is -0.667. The molecule has 1 aromatic carbocycles. The van der Waals surface area contributed by atoms with E-state index in [1.165, 1.54) is 19.2 Å². The highest BCUT2D eigenvalue weighted by Gasteiger charge is 2.12. The van der Waals surface area contributed by atoms with Gasteiger partial charge in [-0.05, 0) is 41.8 Å². The first kappa shape index (κ1) is 15.1. The molecule has 0 aliphatic carbocycles. The highest BCUT2D eigenvalue weighted by molar-refractivity contribution is 5.89. The van der Waals surface area contributed by atoms with E-state index in [1.54, 1.807) is 12.3 Å². The molecule has 0 bridgehead atoms. The van der Waals surface area contributed by atoms with Crippen LogP contribution in [-0.4, -0.2) is 18.1 Å². The number of hydrogen-bond acceptors (Lipinski definition) is 4. The monoisotopic (exact) mass is 288 g/mol. The molecule has 0 aliphatic rings. The number of halogens is 1. The van der Waals surface area contributed by atoms with Crippen LogP contribution >= 0.6 is 0 Å². The molecule has 4 nitrogen and oxygen atoms in total. The number of rotatable bonds is 5. The lowest BCUT2D eigenvalue weighted by Gasteiger charge is -2.08. The molecule has 0 aliphatic heterocycles. The van der Waals surface area contributed by atoms with Crippen LogP contribution < -0.4 is 5.32 Å². The summed E-state index contributed by atoms with van der Waals surface area (Å²) >= 11 is 0. The Hall–Kier alpha value is -2.27. The van der Waals surface area contributed by atoms with Crippen LogP contribution in [0, 0.1) is 12.7 Å². The molecule has 2 aromatic rings. The van der Waals surface area contributed by atoms with E-state index in [9.17, 15) is 9.18 Å². The van der Waals surface area contributed by atoms with E-state index in [0.717, 1.165) is 16.7 Å². The Morgan fingerprint density at radius 3 is 2.81 bits per heavy atom. The summed E-state index contributed by atoms with van der Waals surface area (Å²) in [5.41, 5.74) is 2.98. The van der Waals surface area contributed by atoms with E-state index < -0.39 is 11.8 Å². The lowest BCUT2D eigenvalue weighted by Crippen LogP contribution is -2.14. The zero-order chi connectivity index (χ0) is 15.2. The average Bonchev–Trinajstić information content (AvgIpc) is 2.48. The van der Waals surface area contributed by atoms with Crippen molar-refractivity contribution in [2.75, 3.05) is 7.11 Å². The smallest absolute Gasteiger partial charge is 0.340 e. The fraction of sp³-hybridized carbons (Fsp3) is 0.250. The largest absolute Gasteiger partial charge is 0.465 e. The molecule has 0 fully saturated rings. The van der Waals surface area contributed by atoms with Gasteiger partial charge in [-0.3, -0.25) is 4.98 Å². The molecule has 0 atom stereocenters. The van der Waals surface area contributed by atoms with Gasteiger partial charge < -0.3 is 10.1 Å². The van der Waals surface area contributed by atoms with Crippen molar-refractivity contribution in [1.82, 2.24) is 10.3 Å². The number of methoxy groups -OCH3 is 1. The number of hydrogen-bond donors (Lipinski definition) is 1. The summed E-state index contributed by atoms with van der Waals surface area (Å²) in [6.45, 7) is 3.18. The van der Waals surface area contributed by atoms with Crippen LogP contribution in [0.25, 0.3) is 0 Å². The van der Waals surface area contributed by atoms with Crippen LogP contribution in [0.3, 0.4) is 0 Å². The molecule has 0 saturated carbocycles. The molecule has 0 amide bonds. The molecule has 1 aromatic heterocycles. The molecule has 2 rings (SSSR count). The number of nitrogens with one attached hydrogen (secondary N) is 1. The molecule has 1 heterocycles. The van der Waals surface area contributed by atoms with Crippen LogP contribution in [0.15, 0.2) is 36.7 Å². The second-order valence-electron chi connectivity index (χ2n) is 4.71. The van der Waals surface area contributed by atoms with Crippen molar-refractivity contribution in [3.05, 3.63) is 64.7 Å². The van der Waals surface area contributed by atoms with Gasteiger partial charge in [0, 0.05) is 25.5 Å². The van der Waals surface area contributed by atoms with Crippen molar-refractivity contribution in [2.45, 2.75) is 20.0 Å². The summed E-state index contributed by atoms with van der Waals surface area (Å²) in [6.07, 6.45) is 3.55. The van der Waals surface area contributed by atoms with Crippen LogP contribution in [0.1, 0.15) is 27.0 Å². The van der Waals surface area contributed by atoms with Crippen LogP contribution in [0.5, 0.6) is 0 Å². The number of ether oxygens (including phenoxy) is 1. The Balaban J connectivity index is 1.97. The first-order valence-corrected chi connectivity index (χ1v) is 6.58. The maximum absolute atomic E-state index is 13.8. The number of carbonyl (C=O) groups is 1. The van der Waals surface area contributed by atoms with Gasteiger partial charge >= 0.3 is 5.97 Å². The number of carbonyl (C=O) groups excluding carboxylic acids is 1. The number of pyridine rings is 1. The third kappa shape index (κ3) is 3.86. The third-order valence-corrected chi connectivity index (χ3v) is 3.22. The fourth-order valence-corrected chi connectivity index (χ4v) is 1.99. The molecule has 0 unspecified atom stereocenters. The van der Waals surface area contributed by atoms with E-state index in [4.69, 9.17) is 0 Å². The lowest BCUT2D eigenvalue weighted by atomic mass is 10.1. The SMILES string of the molecule is COC(=O)c1ccc(CNCc2ccncc2C)cc1F. The molecule has 5 heteroatoms. The maximum atomic E-state index is 13.8. The Kier molecular flexibility index (Phi) is 5.00. The van der Waals surface area contributed by atoms with Gasteiger partial charge in [-0.2, -0.15) is 0 Å². The van der Waals surface area contributed by atoms with Gasteiger partial charge in [0.05, 0.1) is 12.7 Å². The van der Waals surface area contributed by atoms with Gasteiger partial charge in [0.25, 0.3) is 0 Å². The zero-order valence-corrected chi connectivity index (χ0v) is 12.0. The van der Waals surface area contributed by atoms with Crippen molar-refractivity contribution < 1.29 is 13.9 Å². The van der Waals surface area contributed by atoms with E-state index >= 15 is 0 Å². The summed E-state index contributed by atoms with van der Waals surface area (Å²) in [5, 5.41) is 3.24. The Labute approximate surface area is 123 Å². The second kappa shape index (κ2) is 6.95. The van der Waals surface area contributed by atoms with Gasteiger partial charge in [-0.15, -0.1) is 0 Å². The van der Waals surface area contributed by atoms with Crippen molar-refractivity contribution >= 4 is 5.97 Å². The number of aromatic nitrogens is 1.